The molecule has 3 aromatic carbocycles. The molecule has 174 valence electrons. The molecule has 8 nitrogen and oxygen atoms in total. The second kappa shape index (κ2) is 9.43. The molecule has 0 aromatic heterocycles. The predicted octanol–water partition coefficient (Wildman–Crippen LogP) is 2.08. The van der Waals surface area contributed by atoms with E-state index in [2.05, 4.69) is 5.32 Å². The number of carbonyl (C=O) groups excluding carboxylic acids is 3. The Bertz CT molecular complexity index is 1240. The molecule has 0 bridgehead atoms. The normalized spacial score (nSPS) is 17.4. The number of hydrogen-bond acceptors (Lipinski definition) is 5. The second-order valence-electron chi connectivity index (χ2n) is 8.31. The van der Waals surface area contributed by atoms with E-state index in [1.165, 1.54) is 0 Å². The van der Waals surface area contributed by atoms with Gasteiger partial charge in [0.1, 0.15) is 6.61 Å². The fourth-order valence-corrected chi connectivity index (χ4v) is 4.22. The van der Waals surface area contributed by atoms with E-state index in [-0.39, 0.29) is 30.9 Å². The van der Waals surface area contributed by atoms with Gasteiger partial charge in [-0.25, -0.2) is 0 Å². The van der Waals surface area contributed by atoms with Gasteiger partial charge in [-0.2, -0.15) is 0 Å². The number of ether oxygens (including phenoxy) is 2. The van der Waals surface area contributed by atoms with Crippen molar-refractivity contribution >= 4 is 28.5 Å². The third kappa shape index (κ3) is 4.52. The van der Waals surface area contributed by atoms with Crippen LogP contribution in [0, 0.1) is 0 Å². The molecule has 8 heteroatoms. The average molecular weight is 460 g/mol. The summed E-state index contributed by atoms with van der Waals surface area (Å²) in [6, 6.07) is 20.5. The highest BCUT2D eigenvalue weighted by Gasteiger charge is 2.33. The smallest absolute Gasteiger partial charge is 0.267 e. The number of rotatable bonds is 4. The van der Waals surface area contributed by atoms with E-state index in [0.29, 0.717) is 43.2 Å². The lowest BCUT2D eigenvalue weighted by molar-refractivity contribution is -0.146. The molecule has 2 heterocycles. The molecule has 0 saturated carbocycles. The summed E-state index contributed by atoms with van der Waals surface area (Å²) >= 11 is 0. The summed E-state index contributed by atoms with van der Waals surface area (Å²) in [5, 5.41) is 4.73. The van der Waals surface area contributed by atoms with Crippen molar-refractivity contribution in [3.63, 3.8) is 0 Å². The van der Waals surface area contributed by atoms with Gasteiger partial charge in [0.15, 0.2) is 11.5 Å². The first-order chi connectivity index (χ1) is 16.6. The summed E-state index contributed by atoms with van der Waals surface area (Å²) in [5.74, 6) is 0.581. The van der Waals surface area contributed by atoms with Crippen LogP contribution in [0.25, 0.3) is 10.8 Å². The Labute approximate surface area is 197 Å². The zero-order valence-corrected chi connectivity index (χ0v) is 18.6. The van der Waals surface area contributed by atoms with Gasteiger partial charge in [-0.05, 0) is 35.0 Å². The van der Waals surface area contributed by atoms with Crippen LogP contribution in [0.1, 0.15) is 10.4 Å². The largest absolute Gasteiger partial charge is 0.485 e. The highest BCUT2D eigenvalue weighted by Crippen LogP contribution is 2.31. The zero-order chi connectivity index (χ0) is 23.5. The molecule has 5 rings (SSSR count). The van der Waals surface area contributed by atoms with Gasteiger partial charge in [0.05, 0.1) is 6.54 Å². The van der Waals surface area contributed by atoms with E-state index in [0.717, 1.165) is 10.8 Å². The highest BCUT2D eigenvalue weighted by atomic mass is 16.6. The van der Waals surface area contributed by atoms with Crippen LogP contribution in [0.5, 0.6) is 11.5 Å². The molecule has 34 heavy (non-hydrogen) atoms. The van der Waals surface area contributed by atoms with Gasteiger partial charge in [-0.15, -0.1) is 0 Å². The van der Waals surface area contributed by atoms with Crippen LogP contribution in [0.4, 0.5) is 0 Å². The molecular weight excluding hydrogens is 434 g/mol. The standard InChI is InChI=1S/C26H25N3O5/c30-24(16-27-25(31)20-10-9-18-5-1-2-6-19(18)15-20)28-11-13-29(14-12-28)26(32)23-17-33-21-7-3-4-8-22(21)34-23/h1-10,15,23H,11-14,16-17H2,(H,27,31)/t23-/m0/s1. The molecule has 0 spiro atoms. The minimum absolute atomic E-state index is 0.0873. The number of amides is 3. The second-order valence-corrected chi connectivity index (χ2v) is 8.31. The van der Waals surface area contributed by atoms with Gasteiger partial charge in [0, 0.05) is 31.7 Å². The topological polar surface area (TPSA) is 88.2 Å². The Hall–Kier alpha value is -4.07. The van der Waals surface area contributed by atoms with E-state index < -0.39 is 6.10 Å². The number of nitrogens with one attached hydrogen (secondary N) is 1. The van der Waals surface area contributed by atoms with Gasteiger partial charge >= 0.3 is 0 Å². The molecule has 1 N–H and O–H groups in total. The van der Waals surface area contributed by atoms with Crippen molar-refractivity contribution in [1.29, 1.82) is 0 Å². The van der Waals surface area contributed by atoms with Gasteiger partial charge in [-0.3, -0.25) is 14.4 Å². The van der Waals surface area contributed by atoms with Crippen LogP contribution < -0.4 is 14.8 Å². The molecule has 1 fully saturated rings. The van der Waals surface area contributed by atoms with E-state index in [1.54, 1.807) is 28.0 Å². The van der Waals surface area contributed by atoms with Crippen LogP contribution in [0.15, 0.2) is 66.7 Å². The van der Waals surface area contributed by atoms with E-state index in [1.807, 2.05) is 48.5 Å². The molecule has 0 unspecified atom stereocenters. The van der Waals surface area contributed by atoms with Crippen molar-refractivity contribution in [3.8, 4) is 11.5 Å². The van der Waals surface area contributed by atoms with E-state index in [4.69, 9.17) is 9.47 Å². The number of para-hydroxylation sites is 2. The zero-order valence-electron chi connectivity index (χ0n) is 18.6. The van der Waals surface area contributed by atoms with E-state index in [9.17, 15) is 14.4 Å². The Morgan fingerprint density at radius 2 is 1.50 bits per heavy atom. The summed E-state index contributed by atoms with van der Waals surface area (Å²) in [6.45, 7) is 1.70. The minimum atomic E-state index is -0.696. The van der Waals surface area contributed by atoms with Crippen LogP contribution >= 0.6 is 0 Å². The molecular formula is C26H25N3O5. The van der Waals surface area contributed by atoms with Gasteiger partial charge in [0.25, 0.3) is 11.8 Å². The summed E-state index contributed by atoms with van der Waals surface area (Å²) in [5.41, 5.74) is 0.512. The van der Waals surface area contributed by atoms with Crippen LogP contribution in [0.2, 0.25) is 0 Å². The van der Waals surface area contributed by atoms with Crippen molar-refractivity contribution in [3.05, 3.63) is 72.3 Å². The fraction of sp³-hybridized carbons (Fsp3) is 0.269. The monoisotopic (exact) mass is 459 g/mol. The van der Waals surface area contributed by atoms with Gasteiger partial charge < -0.3 is 24.6 Å². The summed E-state index contributed by atoms with van der Waals surface area (Å²) < 4.78 is 11.5. The third-order valence-electron chi connectivity index (χ3n) is 6.14. The summed E-state index contributed by atoms with van der Waals surface area (Å²) in [6.07, 6.45) is -0.696. The number of benzene rings is 3. The Balaban J connectivity index is 1.10. The lowest BCUT2D eigenvalue weighted by atomic mass is 10.1. The number of fused-ring (bicyclic) bond motifs is 2. The number of carbonyl (C=O) groups is 3. The van der Waals surface area contributed by atoms with Crippen LogP contribution in [-0.4, -0.2) is 73.0 Å². The first-order valence-corrected chi connectivity index (χ1v) is 11.3. The fourth-order valence-electron chi connectivity index (χ4n) is 4.22. The molecule has 2 aliphatic heterocycles. The molecule has 2 aliphatic rings. The molecule has 1 atom stereocenters. The maximum absolute atomic E-state index is 12.9. The lowest BCUT2D eigenvalue weighted by Gasteiger charge is -2.37. The maximum Gasteiger partial charge on any atom is 0.267 e. The minimum Gasteiger partial charge on any atom is -0.485 e. The first kappa shape index (κ1) is 21.8. The average Bonchev–Trinajstić information content (AvgIpc) is 2.90. The summed E-state index contributed by atoms with van der Waals surface area (Å²) in [4.78, 5) is 41.4. The van der Waals surface area contributed by atoms with Crippen molar-refractivity contribution in [2.75, 3.05) is 39.3 Å². The molecule has 0 radical (unpaired) electrons. The van der Waals surface area contributed by atoms with Crippen molar-refractivity contribution < 1.29 is 23.9 Å². The Kier molecular flexibility index (Phi) is 6.03. The molecule has 3 aromatic rings. The Morgan fingerprint density at radius 3 is 2.29 bits per heavy atom. The first-order valence-electron chi connectivity index (χ1n) is 11.3. The third-order valence-corrected chi connectivity index (χ3v) is 6.14. The van der Waals surface area contributed by atoms with Crippen LogP contribution in [0.3, 0.4) is 0 Å². The highest BCUT2D eigenvalue weighted by molar-refractivity contribution is 6.00. The van der Waals surface area contributed by atoms with Crippen molar-refractivity contribution in [2.45, 2.75) is 6.10 Å². The lowest BCUT2D eigenvalue weighted by Crippen LogP contribution is -2.56. The molecule has 3 amide bonds. The van der Waals surface area contributed by atoms with Crippen LogP contribution in [-0.2, 0) is 9.59 Å². The Morgan fingerprint density at radius 1 is 0.824 bits per heavy atom. The van der Waals surface area contributed by atoms with Crippen molar-refractivity contribution in [1.82, 2.24) is 15.1 Å². The quantitative estimate of drug-likeness (QED) is 0.646. The SMILES string of the molecule is O=C(NCC(=O)N1CCN(C(=O)[C@@H]2COc3ccccc3O2)CC1)c1ccc2ccccc2c1. The van der Waals surface area contributed by atoms with Crippen molar-refractivity contribution in [2.24, 2.45) is 0 Å². The molecule has 0 aliphatic carbocycles. The van der Waals surface area contributed by atoms with Gasteiger partial charge in [-0.1, -0.05) is 42.5 Å². The number of hydrogen-bond donors (Lipinski definition) is 1. The van der Waals surface area contributed by atoms with Gasteiger partial charge in [0.2, 0.25) is 12.0 Å². The maximum atomic E-state index is 12.9. The number of nitrogens with zero attached hydrogens (tertiary/aromatic N) is 2. The predicted molar refractivity (Wildman–Crippen MR) is 126 cm³/mol. The molecule has 1 saturated heterocycles. The number of piperazine rings is 1. The van der Waals surface area contributed by atoms with E-state index >= 15 is 0 Å². The summed E-state index contributed by atoms with van der Waals surface area (Å²) in [7, 11) is 0.